The summed E-state index contributed by atoms with van der Waals surface area (Å²) < 4.78 is 5.14. The number of fused-ring (bicyclic) bond motifs is 3. The van der Waals surface area contributed by atoms with Gasteiger partial charge in [-0.15, -0.1) is 11.3 Å². The summed E-state index contributed by atoms with van der Waals surface area (Å²) in [4.78, 5) is 48.3. The fourth-order valence-electron chi connectivity index (χ4n) is 3.97. The van der Waals surface area contributed by atoms with Crippen LogP contribution >= 0.6 is 23.1 Å². The monoisotopic (exact) mass is 496 g/mol. The fourth-order valence-corrected chi connectivity index (χ4v) is 6.09. The molecule has 10 heteroatoms. The number of amides is 2. The Balaban J connectivity index is 1.22. The second-order valence-corrected chi connectivity index (χ2v) is 10.4. The number of ether oxygens (including phenoxy) is 1. The van der Waals surface area contributed by atoms with Crippen molar-refractivity contribution in [2.75, 3.05) is 17.7 Å². The van der Waals surface area contributed by atoms with Gasteiger partial charge in [0, 0.05) is 16.3 Å². The van der Waals surface area contributed by atoms with Crippen molar-refractivity contribution in [3.05, 3.63) is 46.6 Å². The van der Waals surface area contributed by atoms with E-state index in [1.165, 1.54) is 28.6 Å². The number of thioether (sulfide) groups is 1. The van der Waals surface area contributed by atoms with Crippen molar-refractivity contribution in [1.82, 2.24) is 15.3 Å². The molecule has 0 unspecified atom stereocenters. The van der Waals surface area contributed by atoms with Gasteiger partial charge in [0.2, 0.25) is 5.91 Å². The minimum atomic E-state index is -0.656. The Morgan fingerprint density at radius 1 is 1.09 bits per heavy atom. The molecule has 8 nitrogen and oxygen atoms in total. The normalized spacial score (nSPS) is 14.9. The Labute approximate surface area is 204 Å². The van der Waals surface area contributed by atoms with E-state index >= 15 is 0 Å². The third-order valence-corrected chi connectivity index (χ3v) is 7.94. The number of hydrogen-bond donors (Lipinski definition) is 2. The van der Waals surface area contributed by atoms with Crippen molar-refractivity contribution in [3.63, 3.8) is 0 Å². The van der Waals surface area contributed by atoms with Crippen molar-refractivity contribution in [1.29, 1.82) is 0 Å². The van der Waals surface area contributed by atoms with Crippen molar-refractivity contribution < 1.29 is 19.1 Å². The molecule has 34 heavy (non-hydrogen) atoms. The van der Waals surface area contributed by atoms with Crippen molar-refractivity contribution in [2.45, 2.75) is 49.6 Å². The molecule has 1 aromatic carbocycles. The average molecular weight is 497 g/mol. The van der Waals surface area contributed by atoms with Gasteiger partial charge in [-0.25, -0.2) is 14.8 Å². The zero-order valence-corrected chi connectivity index (χ0v) is 20.1. The SMILES string of the molecule is O=C(CSc1ncnc2sc3c(c12)CCCC3)Nc1ccccc1C(=O)OCC(=O)NC1CC1. The van der Waals surface area contributed by atoms with Crippen LogP contribution in [-0.2, 0) is 27.2 Å². The molecule has 2 aromatic heterocycles. The summed E-state index contributed by atoms with van der Waals surface area (Å²) in [6.45, 7) is -0.345. The summed E-state index contributed by atoms with van der Waals surface area (Å²) in [5.41, 5.74) is 1.88. The van der Waals surface area contributed by atoms with Crippen LogP contribution in [0.3, 0.4) is 0 Å². The van der Waals surface area contributed by atoms with E-state index in [1.807, 2.05) is 0 Å². The number of nitrogens with zero attached hydrogens (tertiary/aromatic N) is 2. The highest BCUT2D eigenvalue weighted by Crippen LogP contribution is 2.39. The molecule has 176 valence electrons. The maximum atomic E-state index is 12.7. The van der Waals surface area contributed by atoms with Crippen molar-refractivity contribution >= 4 is 56.8 Å². The van der Waals surface area contributed by atoms with Crippen LogP contribution in [0.15, 0.2) is 35.6 Å². The molecule has 2 aliphatic rings. The van der Waals surface area contributed by atoms with Gasteiger partial charge in [0.25, 0.3) is 5.91 Å². The predicted molar refractivity (Wildman–Crippen MR) is 131 cm³/mol. The molecular formula is C24H24N4O4S2. The van der Waals surface area contributed by atoms with Gasteiger partial charge in [-0.1, -0.05) is 23.9 Å². The molecule has 2 N–H and O–H groups in total. The standard InChI is InChI=1S/C24H24N4O4S2/c29-19(27-14-9-10-14)11-32-24(31)15-5-1-3-7-17(15)28-20(30)12-33-22-21-16-6-2-4-8-18(16)34-23(21)26-13-25-22/h1,3,5,7,13-14H,2,4,6,8-12H2,(H,27,29)(H,28,30). The number of rotatable bonds is 8. The Morgan fingerprint density at radius 3 is 2.76 bits per heavy atom. The summed E-state index contributed by atoms with van der Waals surface area (Å²) >= 11 is 3.09. The van der Waals surface area contributed by atoms with Crippen LogP contribution in [0.1, 0.15) is 46.5 Å². The highest BCUT2D eigenvalue weighted by atomic mass is 32.2. The first-order valence-corrected chi connectivity index (χ1v) is 13.1. The van der Waals surface area contributed by atoms with Crippen molar-refractivity contribution in [3.8, 4) is 0 Å². The predicted octanol–water partition coefficient (Wildman–Crippen LogP) is 3.74. The van der Waals surface area contributed by atoms with Gasteiger partial charge in [0.15, 0.2) is 6.61 Å². The highest BCUT2D eigenvalue weighted by molar-refractivity contribution is 8.00. The number of nitrogens with one attached hydrogen (secondary N) is 2. The number of thiophene rings is 1. The van der Waals surface area contributed by atoms with E-state index in [9.17, 15) is 14.4 Å². The number of esters is 1. The molecule has 2 amide bonds. The smallest absolute Gasteiger partial charge is 0.340 e. The molecule has 0 saturated heterocycles. The van der Waals surface area contributed by atoms with Crippen LogP contribution in [0.5, 0.6) is 0 Å². The Morgan fingerprint density at radius 2 is 1.91 bits per heavy atom. The second kappa shape index (κ2) is 10.1. The molecule has 2 heterocycles. The maximum absolute atomic E-state index is 12.7. The topological polar surface area (TPSA) is 110 Å². The first-order chi connectivity index (χ1) is 16.6. The number of carbonyl (C=O) groups is 3. The third kappa shape index (κ3) is 5.23. The van der Waals surface area contributed by atoms with Crippen LogP contribution in [-0.4, -0.2) is 46.2 Å². The second-order valence-electron chi connectivity index (χ2n) is 8.37. The number of aryl methyl sites for hydroxylation is 2. The molecular weight excluding hydrogens is 472 g/mol. The van der Waals surface area contributed by atoms with Gasteiger partial charge in [-0.2, -0.15) is 0 Å². The summed E-state index contributed by atoms with van der Waals surface area (Å²) in [5.74, 6) is -1.09. The van der Waals surface area contributed by atoms with Gasteiger partial charge in [-0.3, -0.25) is 9.59 Å². The largest absolute Gasteiger partial charge is 0.452 e. The van der Waals surface area contributed by atoms with Gasteiger partial charge in [0.1, 0.15) is 16.2 Å². The number of carbonyl (C=O) groups excluding carboxylic acids is 3. The van der Waals surface area contributed by atoms with E-state index in [4.69, 9.17) is 4.74 Å². The first kappa shape index (κ1) is 22.8. The lowest BCUT2D eigenvalue weighted by Gasteiger charge is -2.12. The van der Waals surface area contributed by atoms with Gasteiger partial charge < -0.3 is 15.4 Å². The molecule has 0 spiro atoms. The molecule has 1 fully saturated rings. The molecule has 0 atom stereocenters. The first-order valence-electron chi connectivity index (χ1n) is 11.3. The van der Waals surface area contributed by atoms with Crippen LogP contribution in [0, 0.1) is 0 Å². The minimum Gasteiger partial charge on any atom is -0.452 e. The van der Waals surface area contributed by atoms with Gasteiger partial charge >= 0.3 is 5.97 Å². The van der Waals surface area contributed by atoms with Crippen molar-refractivity contribution in [2.24, 2.45) is 0 Å². The molecule has 1 saturated carbocycles. The van der Waals surface area contributed by atoms with Crippen LogP contribution < -0.4 is 10.6 Å². The van der Waals surface area contributed by atoms with Crippen LogP contribution in [0.4, 0.5) is 5.69 Å². The number of hydrogen-bond acceptors (Lipinski definition) is 8. The Kier molecular flexibility index (Phi) is 6.77. The van der Waals surface area contributed by atoms with E-state index in [1.54, 1.807) is 41.9 Å². The maximum Gasteiger partial charge on any atom is 0.340 e. The van der Waals surface area contributed by atoms with E-state index in [0.29, 0.717) is 5.69 Å². The summed E-state index contributed by atoms with van der Waals surface area (Å²) in [7, 11) is 0. The van der Waals surface area contributed by atoms with E-state index in [2.05, 4.69) is 20.6 Å². The van der Waals surface area contributed by atoms with Crippen LogP contribution in [0.2, 0.25) is 0 Å². The molecule has 0 radical (unpaired) electrons. The number of para-hydroxylation sites is 1. The zero-order chi connectivity index (χ0) is 23.5. The molecule has 3 aromatic rings. The number of aromatic nitrogens is 2. The van der Waals surface area contributed by atoms with Gasteiger partial charge in [0.05, 0.1) is 17.0 Å². The molecule has 5 rings (SSSR count). The number of benzene rings is 1. The Hall–Kier alpha value is -2.98. The molecule has 0 bridgehead atoms. The third-order valence-electron chi connectivity index (χ3n) is 5.75. The van der Waals surface area contributed by atoms with E-state index < -0.39 is 5.97 Å². The quantitative estimate of drug-likeness (QED) is 0.278. The van der Waals surface area contributed by atoms with Crippen LogP contribution in [0.25, 0.3) is 10.2 Å². The summed E-state index contributed by atoms with van der Waals surface area (Å²) in [5, 5.41) is 7.46. The lowest BCUT2D eigenvalue weighted by atomic mass is 9.97. The lowest BCUT2D eigenvalue weighted by Crippen LogP contribution is -2.30. The summed E-state index contributed by atoms with van der Waals surface area (Å²) in [6.07, 6.45) is 7.94. The lowest BCUT2D eigenvalue weighted by molar-refractivity contribution is -0.124. The molecule has 2 aliphatic carbocycles. The van der Waals surface area contributed by atoms with Gasteiger partial charge in [-0.05, 0) is 56.2 Å². The molecule has 0 aliphatic heterocycles. The highest BCUT2D eigenvalue weighted by Gasteiger charge is 2.24. The minimum absolute atomic E-state index is 0.143. The number of anilines is 1. The Bertz CT molecular complexity index is 1250. The summed E-state index contributed by atoms with van der Waals surface area (Å²) in [6, 6.07) is 6.82. The zero-order valence-electron chi connectivity index (χ0n) is 18.5. The fraction of sp³-hybridized carbons (Fsp3) is 0.375. The van der Waals surface area contributed by atoms with E-state index in [-0.39, 0.29) is 35.8 Å². The van der Waals surface area contributed by atoms with E-state index in [0.717, 1.165) is 47.3 Å². The average Bonchev–Trinajstić information content (AvgIpc) is 3.57.